The van der Waals surface area contributed by atoms with Crippen LogP contribution in [0, 0.1) is 17.8 Å². The highest BCUT2D eigenvalue weighted by molar-refractivity contribution is 5.79. The Morgan fingerprint density at radius 3 is 2.69 bits per heavy atom. The van der Waals surface area contributed by atoms with Crippen molar-refractivity contribution in [3.63, 3.8) is 0 Å². The van der Waals surface area contributed by atoms with Crippen LogP contribution in [0.15, 0.2) is 35.4 Å². The second-order valence-corrected chi connectivity index (χ2v) is 11.2. The maximum Gasteiger partial charge on any atom is 0.261 e. The summed E-state index contributed by atoms with van der Waals surface area (Å²) in [6, 6.07) is 8.18. The zero-order chi connectivity index (χ0) is 24.9. The molecule has 1 amide bonds. The van der Waals surface area contributed by atoms with Gasteiger partial charge in [0, 0.05) is 38.7 Å². The molecule has 1 aliphatic carbocycles. The summed E-state index contributed by atoms with van der Waals surface area (Å²) in [7, 11) is 1.72. The lowest BCUT2D eigenvalue weighted by Crippen LogP contribution is -2.52. The molecule has 7 heteroatoms. The topological polar surface area (TPSA) is 67.7 Å². The largest absolute Gasteiger partial charge is 0.383 e. The van der Waals surface area contributed by atoms with E-state index in [-0.39, 0.29) is 11.5 Å². The van der Waals surface area contributed by atoms with E-state index >= 15 is 0 Å². The number of aromatic nitrogens is 2. The number of para-hydroxylation sites is 1. The number of carbonyl (C=O) groups is 1. The Morgan fingerprint density at radius 2 is 1.86 bits per heavy atom. The van der Waals surface area contributed by atoms with Crippen molar-refractivity contribution in [2.24, 2.45) is 17.8 Å². The third-order valence-corrected chi connectivity index (χ3v) is 8.94. The summed E-state index contributed by atoms with van der Waals surface area (Å²) < 4.78 is 7.15. The predicted octanol–water partition coefficient (Wildman–Crippen LogP) is 3.94. The number of ether oxygens (including phenoxy) is 1. The first-order valence-corrected chi connectivity index (χ1v) is 14.1. The van der Waals surface area contributed by atoms with E-state index in [9.17, 15) is 9.59 Å². The van der Waals surface area contributed by atoms with Crippen LogP contribution in [0.4, 0.5) is 0 Å². The molecule has 36 heavy (non-hydrogen) atoms. The van der Waals surface area contributed by atoms with Gasteiger partial charge in [-0.1, -0.05) is 18.6 Å². The molecule has 2 atom stereocenters. The Hall–Kier alpha value is -2.25. The monoisotopic (exact) mass is 494 g/mol. The highest BCUT2D eigenvalue weighted by Crippen LogP contribution is 2.34. The molecule has 7 nitrogen and oxygen atoms in total. The molecule has 3 heterocycles. The third-order valence-electron chi connectivity index (χ3n) is 8.94. The van der Waals surface area contributed by atoms with Gasteiger partial charge in [0.1, 0.15) is 0 Å². The number of fused-ring (bicyclic) bond motifs is 2. The summed E-state index contributed by atoms with van der Waals surface area (Å²) in [6.07, 6.45) is 11.9. The van der Waals surface area contributed by atoms with Gasteiger partial charge in [-0.05, 0) is 88.4 Å². The number of benzene rings is 1. The van der Waals surface area contributed by atoms with Gasteiger partial charge >= 0.3 is 0 Å². The highest BCUT2D eigenvalue weighted by Gasteiger charge is 2.36. The lowest BCUT2D eigenvalue weighted by Gasteiger charge is -2.46. The Kier molecular flexibility index (Phi) is 8.37. The first kappa shape index (κ1) is 25.4. The fourth-order valence-corrected chi connectivity index (χ4v) is 6.93. The highest BCUT2D eigenvalue weighted by atomic mass is 16.5. The minimum Gasteiger partial charge on any atom is -0.383 e. The van der Waals surface area contributed by atoms with Crippen molar-refractivity contribution in [1.82, 2.24) is 19.4 Å². The molecule has 5 rings (SSSR count). The minimum atomic E-state index is 0.0359. The standard InChI is InChI=1S/C29H42N4O3/c1-36-18-17-32(20-24-7-6-16-31-15-5-4-10-27(24)31)28(34)23-13-11-22(12-14-23)19-33-21-30-26-9-3-2-8-25(26)29(33)35/h2-3,8-9,21-24,27H,4-7,10-20H2,1H3. The number of rotatable bonds is 8. The van der Waals surface area contributed by atoms with E-state index in [1.807, 2.05) is 24.3 Å². The maximum absolute atomic E-state index is 13.7. The number of methoxy groups -OCH3 is 1. The summed E-state index contributed by atoms with van der Waals surface area (Å²) in [5.41, 5.74) is 0.785. The molecular weight excluding hydrogens is 452 g/mol. The van der Waals surface area contributed by atoms with Crippen LogP contribution in [0.25, 0.3) is 10.9 Å². The van der Waals surface area contributed by atoms with Gasteiger partial charge in [-0.15, -0.1) is 0 Å². The molecule has 2 saturated heterocycles. The Balaban J connectivity index is 1.19. The Morgan fingerprint density at radius 1 is 1.06 bits per heavy atom. The Bertz CT molecular complexity index is 1080. The van der Waals surface area contributed by atoms with Gasteiger partial charge in [0.2, 0.25) is 5.91 Å². The van der Waals surface area contributed by atoms with Crippen molar-refractivity contribution in [3.05, 3.63) is 40.9 Å². The molecule has 2 unspecified atom stereocenters. The minimum absolute atomic E-state index is 0.0359. The van der Waals surface area contributed by atoms with Gasteiger partial charge in [-0.3, -0.25) is 14.2 Å². The molecule has 2 aliphatic heterocycles. The van der Waals surface area contributed by atoms with Crippen LogP contribution in [-0.2, 0) is 16.1 Å². The van der Waals surface area contributed by atoms with E-state index in [2.05, 4.69) is 14.8 Å². The zero-order valence-corrected chi connectivity index (χ0v) is 21.8. The molecule has 196 valence electrons. The SMILES string of the molecule is COCCN(CC1CCCN2CCCCC12)C(=O)C1CCC(Cn2cnc3ccccc3c2=O)CC1. The van der Waals surface area contributed by atoms with Crippen LogP contribution in [0.3, 0.4) is 0 Å². The number of hydrogen-bond donors (Lipinski definition) is 0. The van der Waals surface area contributed by atoms with Gasteiger partial charge in [0.15, 0.2) is 0 Å². The lowest BCUT2D eigenvalue weighted by atomic mass is 9.80. The van der Waals surface area contributed by atoms with E-state index < -0.39 is 0 Å². The van der Waals surface area contributed by atoms with E-state index in [0.717, 1.165) is 37.7 Å². The van der Waals surface area contributed by atoms with Crippen molar-refractivity contribution < 1.29 is 9.53 Å². The smallest absolute Gasteiger partial charge is 0.261 e. The van der Waals surface area contributed by atoms with Crippen molar-refractivity contribution in [2.45, 2.75) is 70.4 Å². The number of amides is 1. The maximum atomic E-state index is 13.7. The number of hydrogen-bond acceptors (Lipinski definition) is 5. The molecule has 3 fully saturated rings. The normalized spacial score (nSPS) is 27.0. The Labute approximate surface area is 214 Å². The van der Waals surface area contributed by atoms with E-state index in [1.54, 1.807) is 18.0 Å². The van der Waals surface area contributed by atoms with Crippen LogP contribution < -0.4 is 5.56 Å². The average molecular weight is 495 g/mol. The van der Waals surface area contributed by atoms with Crippen molar-refractivity contribution in [3.8, 4) is 0 Å². The van der Waals surface area contributed by atoms with E-state index in [1.165, 1.54) is 45.2 Å². The third kappa shape index (κ3) is 5.67. The van der Waals surface area contributed by atoms with Crippen LogP contribution in [-0.4, -0.2) is 71.2 Å². The second kappa shape index (κ2) is 11.9. The van der Waals surface area contributed by atoms with Crippen molar-refractivity contribution in [1.29, 1.82) is 0 Å². The molecule has 0 bridgehead atoms. The van der Waals surface area contributed by atoms with Crippen molar-refractivity contribution >= 4 is 16.8 Å². The average Bonchev–Trinajstić information content (AvgIpc) is 2.93. The molecule has 1 aromatic heterocycles. The number of piperidine rings is 2. The number of carbonyl (C=O) groups excluding carboxylic acids is 1. The first-order chi connectivity index (χ1) is 17.6. The van der Waals surface area contributed by atoms with E-state index in [4.69, 9.17) is 4.74 Å². The fraction of sp³-hybridized carbons (Fsp3) is 0.690. The van der Waals surface area contributed by atoms with Gasteiger partial charge in [-0.25, -0.2) is 4.98 Å². The molecule has 1 aromatic carbocycles. The quantitative estimate of drug-likeness (QED) is 0.556. The molecule has 0 N–H and O–H groups in total. The molecule has 2 aromatic rings. The summed E-state index contributed by atoms with van der Waals surface area (Å²) in [5, 5.41) is 0.678. The first-order valence-electron chi connectivity index (χ1n) is 14.1. The summed E-state index contributed by atoms with van der Waals surface area (Å²) in [4.78, 5) is 35.9. The fourth-order valence-electron chi connectivity index (χ4n) is 6.93. The second-order valence-electron chi connectivity index (χ2n) is 11.2. The van der Waals surface area contributed by atoms with Crippen LogP contribution >= 0.6 is 0 Å². The lowest BCUT2D eigenvalue weighted by molar-refractivity contribution is -0.139. The van der Waals surface area contributed by atoms with Crippen LogP contribution in [0.1, 0.15) is 57.8 Å². The molecule has 0 radical (unpaired) electrons. The summed E-state index contributed by atoms with van der Waals surface area (Å²) in [5.74, 6) is 1.42. The van der Waals surface area contributed by atoms with Crippen LogP contribution in [0.5, 0.6) is 0 Å². The summed E-state index contributed by atoms with van der Waals surface area (Å²) in [6.45, 7) is 5.31. The molecule has 1 saturated carbocycles. The zero-order valence-electron chi connectivity index (χ0n) is 21.8. The number of nitrogens with zero attached hydrogens (tertiary/aromatic N) is 4. The van der Waals surface area contributed by atoms with Gasteiger partial charge < -0.3 is 14.5 Å². The molecule has 0 spiro atoms. The molecular formula is C29H42N4O3. The van der Waals surface area contributed by atoms with Crippen LogP contribution in [0.2, 0.25) is 0 Å². The summed E-state index contributed by atoms with van der Waals surface area (Å²) >= 11 is 0. The van der Waals surface area contributed by atoms with Gasteiger partial charge in [0.25, 0.3) is 5.56 Å². The predicted molar refractivity (Wildman–Crippen MR) is 142 cm³/mol. The molecule has 3 aliphatic rings. The van der Waals surface area contributed by atoms with Gasteiger partial charge in [-0.2, -0.15) is 0 Å². The van der Waals surface area contributed by atoms with Crippen molar-refractivity contribution in [2.75, 3.05) is 39.9 Å². The van der Waals surface area contributed by atoms with Gasteiger partial charge in [0.05, 0.1) is 23.8 Å². The van der Waals surface area contributed by atoms with E-state index in [0.29, 0.717) is 48.9 Å².